The summed E-state index contributed by atoms with van der Waals surface area (Å²) in [6.45, 7) is 1.05. The summed E-state index contributed by atoms with van der Waals surface area (Å²) in [5.74, 6) is 4.76. The van der Waals surface area contributed by atoms with E-state index in [4.69, 9.17) is 4.74 Å². The lowest BCUT2D eigenvalue weighted by Crippen LogP contribution is -2.42. The van der Waals surface area contributed by atoms with E-state index in [-0.39, 0.29) is 17.8 Å². The van der Waals surface area contributed by atoms with Crippen LogP contribution < -0.4 is 0 Å². The molecule has 1 atom stereocenters. The Morgan fingerprint density at radius 3 is 2.75 bits per heavy atom. The largest absolute Gasteiger partial charge is 0.469 e. The van der Waals surface area contributed by atoms with Crippen molar-refractivity contribution >= 4 is 11.9 Å². The fourth-order valence-corrected chi connectivity index (χ4v) is 2.25. The molecule has 0 spiro atoms. The number of benzene rings is 1. The minimum atomic E-state index is -0.251. The molecule has 1 fully saturated rings. The Morgan fingerprint density at radius 2 is 2.05 bits per heavy atom. The first-order chi connectivity index (χ1) is 9.70. The van der Waals surface area contributed by atoms with Crippen LogP contribution in [0.3, 0.4) is 0 Å². The number of ether oxygens (including phenoxy) is 1. The minimum Gasteiger partial charge on any atom is -0.469 e. The van der Waals surface area contributed by atoms with Crippen LogP contribution in [0.2, 0.25) is 0 Å². The van der Waals surface area contributed by atoms with E-state index in [1.807, 2.05) is 30.3 Å². The maximum atomic E-state index is 12.0. The van der Waals surface area contributed by atoms with Gasteiger partial charge in [0.15, 0.2) is 0 Å². The highest BCUT2D eigenvalue weighted by molar-refractivity contribution is 5.94. The van der Waals surface area contributed by atoms with Crippen molar-refractivity contribution in [2.45, 2.75) is 12.8 Å². The number of nitrogens with zero attached hydrogens (tertiary/aromatic N) is 1. The average molecular weight is 271 g/mol. The fraction of sp³-hybridized carbons (Fsp3) is 0.375. The van der Waals surface area contributed by atoms with Crippen molar-refractivity contribution in [1.82, 2.24) is 4.90 Å². The van der Waals surface area contributed by atoms with Gasteiger partial charge in [0.05, 0.1) is 13.0 Å². The third-order valence-electron chi connectivity index (χ3n) is 3.33. The van der Waals surface area contributed by atoms with Gasteiger partial charge in [-0.15, -0.1) is 0 Å². The van der Waals surface area contributed by atoms with Crippen molar-refractivity contribution in [1.29, 1.82) is 0 Å². The van der Waals surface area contributed by atoms with Gasteiger partial charge in [0, 0.05) is 24.6 Å². The van der Waals surface area contributed by atoms with E-state index >= 15 is 0 Å². The number of carbonyl (C=O) groups excluding carboxylic acids is 2. The summed E-state index contributed by atoms with van der Waals surface area (Å²) in [4.78, 5) is 25.2. The number of hydrogen-bond acceptors (Lipinski definition) is 3. The molecule has 1 aliphatic rings. The van der Waals surface area contributed by atoms with Gasteiger partial charge < -0.3 is 9.64 Å². The van der Waals surface area contributed by atoms with E-state index in [9.17, 15) is 9.59 Å². The molecule has 1 aromatic carbocycles. The first kappa shape index (κ1) is 14.1. The molecule has 0 N–H and O–H groups in total. The van der Waals surface area contributed by atoms with Crippen LogP contribution in [0.25, 0.3) is 0 Å². The van der Waals surface area contributed by atoms with Crippen LogP contribution in [0.15, 0.2) is 30.3 Å². The predicted octanol–water partition coefficient (Wildman–Crippen LogP) is 1.45. The van der Waals surface area contributed by atoms with Gasteiger partial charge in [0.1, 0.15) is 0 Å². The topological polar surface area (TPSA) is 46.6 Å². The number of likely N-dealkylation sites (tertiary alicyclic amines) is 1. The second kappa shape index (κ2) is 6.76. The molecule has 1 aliphatic heterocycles. The highest BCUT2D eigenvalue weighted by Gasteiger charge is 2.28. The Hall–Kier alpha value is -2.28. The van der Waals surface area contributed by atoms with E-state index in [2.05, 4.69) is 11.8 Å². The number of esters is 1. The lowest BCUT2D eigenvalue weighted by atomic mass is 9.98. The molecule has 1 aromatic rings. The molecule has 0 bridgehead atoms. The van der Waals surface area contributed by atoms with E-state index in [1.54, 1.807) is 4.90 Å². The quantitative estimate of drug-likeness (QED) is 0.574. The van der Waals surface area contributed by atoms with Crippen molar-refractivity contribution in [3.63, 3.8) is 0 Å². The Kier molecular flexibility index (Phi) is 4.78. The zero-order valence-electron chi connectivity index (χ0n) is 11.5. The third kappa shape index (κ3) is 3.61. The molecule has 0 radical (unpaired) electrons. The Bertz CT molecular complexity index is 542. The predicted molar refractivity (Wildman–Crippen MR) is 74.6 cm³/mol. The molecule has 4 heteroatoms. The first-order valence-corrected chi connectivity index (χ1v) is 6.64. The molecule has 1 amide bonds. The maximum absolute atomic E-state index is 12.0. The standard InChI is InChI=1S/C16H17NO3/c1-20-16(19)14-8-5-11-17(12-14)15(18)10-9-13-6-3-2-4-7-13/h2-4,6-7,14H,5,8,11-12H2,1H3/t14-/m0/s1. The average Bonchev–Trinajstić information content (AvgIpc) is 2.53. The second-order valence-electron chi connectivity index (χ2n) is 4.73. The monoisotopic (exact) mass is 271 g/mol. The Balaban J connectivity index is 1.99. The highest BCUT2D eigenvalue weighted by atomic mass is 16.5. The van der Waals surface area contributed by atoms with Crippen LogP contribution in [0.5, 0.6) is 0 Å². The lowest BCUT2D eigenvalue weighted by molar-refractivity contribution is -0.148. The van der Waals surface area contributed by atoms with Crippen LogP contribution >= 0.6 is 0 Å². The minimum absolute atomic E-state index is 0.226. The van der Waals surface area contributed by atoms with Crippen molar-refractivity contribution in [2.75, 3.05) is 20.2 Å². The number of carbonyl (C=O) groups is 2. The Labute approximate surface area is 118 Å². The lowest BCUT2D eigenvalue weighted by Gasteiger charge is -2.29. The molecule has 20 heavy (non-hydrogen) atoms. The molecular weight excluding hydrogens is 254 g/mol. The van der Waals surface area contributed by atoms with Crippen molar-refractivity contribution in [2.24, 2.45) is 5.92 Å². The molecule has 0 aromatic heterocycles. The summed E-state index contributed by atoms with van der Waals surface area (Å²) in [5.41, 5.74) is 0.808. The number of methoxy groups -OCH3 is 1. The zero-order chi connectivity index (χ0) is 14.4. The van der Waals surface area contributed by atoms with Gasteiger partial charge in [-0.1, -0.05) is 24.1 Å². The number of rotatable bonds is 1. The smallest absolute Gasteiger partial charge is 0.310 e. The van der Waals surface area contributed by atoms with Gasteiger partial charge in [-0.3, -0.25) is 9.59 Å². The summed E-state index contributed by atoms with van der Waals surface area (Å²) in [5, 5.41) is 0. The van der Waals surface area contributed by atoms with Crippen LogP contribution in [-0.2, 0) is 14.3 Å². The SMILES string of the molecule is COC(=O)[C@H]1CCCN(C(=O)C#Cc2ccccc2)C1. The van der Waals surface area contributed by atoms with E-state index in [1.165, 1.54) is 7.11 Å². The summed E-state index contributed by atoms with van der Waals surface area (Å²) in [7, 11) is 1.37. The fourth-order valence-electron chi connectivity index (χ4n) is 2.25. The van der Waals surface area contributed by atoms with E-state index in [0.29, 0.717) is 13.1 Å². The van der Waals surface area contributed by atoms with Crippen molar-refractivity contribution < 1.29 is 14.3 Å². The molecule has 0 saturated carbocycles. The number of piperidine rings is 1. The van der Waals surface area contributed by atoms with Gasteiger partial charge in [-0.05, 0) is 25.0 Å². The van der Waals surface area contributed by atoms with Gasteiger partial charge in [-0.25, -0.2) is 0 Å². The molecular formula is C16H17NO3. The van der Waals surface area contributed by atoms with Crippen molar-refractivity contribution in [3.05, 3.63) is 35.9 Å². The summed E-state index contributed by atoms with van der Waals surface area (Å²) in [6.07, 6.45) is 1.57. The zero-order valence-corrected chi connectivity index (χ0v) is 11.5. The second-order valence-corrected chi connectivity index (χ2v) is 4.73. The molecule has 1 heterocycles. The maximum Gasteiger partial charge on any atom is 0.310 e. The molecule has 4 nitrogen and oxygen atoms in total. The first-order valence-electron chi connectivity index (χ1n) is 6.64. The van der Waals surface area contributed by atoms with Crippen LogP contribution in [-0.4, -0.2) is 37.0 Å². The van der Waals surface area contributed by atoms with Gasteiger partial charge in [0.2, 0.25) is 0 Å². The van der Waals surface area contributed by atoms with Gasteiger partial charge in [0.25, 0.3) is 5.91 Å². The van der Waals surface area contributed by atoms with Crippen LogP contribution in [0, 0.1) is 17.8 Å². The van der Waals surface area contributed by atoms with Gasteiger partial charge in [-0.2, -0.15) is 0 Å². The third-order valence-corrected chi connectivity index (χ3v) is 3.33. The number of amides is 1. The van der Waals surface area contributed by atoms with Crippen molar-refractivity contribution in [3.8, 4) is 11.8 Å². The van der Waals surface area contributed by atoms with Gasteiger partial charge >= 0.3 is 5.97 Å². The van der Waals surface area contributed by atoms with E-state index in [0.717, 1.165) is 18.4 Å². The molecule has 2 rings (SSSR count). The van der Waals surface area contributed by atoms with Crippen LogP contribution in [0.1, 0.15) is 18.4 Å². The summed E-state index contributed by atoms with van der Waals surface area (Å²) in [6, 6.07) is 9.37. The van der Waals surface area contributed by atoms with E-state index < -0.39 is 0 Å². The number of hydrogen-bond donors (Lipinski definition) is 0. The summed E-state index contributed by atoms with van der Waals surface area (Å²) < 4.78 is 4.73. The normalized spacial score (nSPS) is 17.9. The molecule has 0 aliphatic carbocycles. The summed E-state index contributed by atoms with van der Waals surface area (Å²) >= 11 is 0. The molecule has 104 valence electrons. The highest BCUT2D eigenvalue weighted by Crippen LogP contribution is 2.17. The Morgan fingerprint density at radius 1 is 1.30 bits per heavy atom. The molecule has 1 saturated heterocycles. The molecule has 0 unspecified atom stereocenters. The van der Waals surface area contributed by atoms with Crippen LogP contribution in [0.4, 0.5) is 0 Å².